The van der Waals surface area contributed by atoms with Crippen molar-refractivity contribution in [1.29, 1.82) is 0 Å². The predicted molar refractivity (Wildman–Crippen MR) is 155 cm³/mol. The second kappa shape index (κ2) is 11.2. The molecule has 10 atom stereocenters. The number of aromatic amines is 1. The zero-order valence-corrected chi connectivity index (χ0v) is 25.7. The number of alkyl halides is 2. The molecule has 7 heterocycles. The van der Waals surface area contributed by atoms with Gasteiger partial charge in [-0.25, -0.2) is 18.7 Å². The summed E-state index contributed by atoms with van der Waals surface area (Å²) >= 11 is 10.3. The van der Waals surface area contributed by atoms with Crippen molar-refractivity contribution < 1.29 is 46.1 Å². The number of nitrogens with one attached hydrogen (secondary N) is 1. The summed E-state index contributed by atoms with van der Waals surface area (Å²) in [5, 5.41) is 7.82. The molecule has 19 nitrogen and oxygen atoms in total. The summed E-state index contributed by atoms with van der Waals surface area (Å²) < 4.78 is 67.6. The van der Waals surface area contributed by atoms with Gasteiger partial charge in [0.1, 0.15) is 24.4 Å². The average Bonchev–Trinajstić information content (AvgIpc) is 3.72. The number of nitrogens with zero attached hydrogens (tertiary/aromatic N) is 7. The van der Waals surface area contributed by atoms with E-state index in [9.17, 15) is 14.6 Å². The highest BCUT2D eigenvalue weighted by atomic mass is 32.5. The molecule has 242 valence electrons. The minimum Gasteiger partial charge on any atom is -0.397 e. The lowest BCUT2D eigenvalue weighted by molar-refractivity contribution is -0.0617. The maximum absolute atomic E-state index is 16.0. The molecule has 4 aromatic rings. The summed E-state index contributed by atoms with van der Waals surface area (Å²) in [7, 11) is 0. The van der Waals surface area contributed by atoms with E-state index in [0.29, 0.717) is 0 Å². The maximum atomic E-state index is 16.0. The molecule has 45 heavy (non-hydrogen) atoms. The number of nitrogens with two attached hydrogens (primary N) is 2. The van der Waals surface area contributed by atoms with E-state index in [1.807, 2.05) is 0 Å². The molecular weight excluding hydrogens is 688 g/mol. The summed E-state index contributed by atoms with van der Waals surface area (Å²) in [6.45, 7) is -10.1. The zero-order chi connectivity index (χ0) is 31.8. The first-order valence-corrected chi connectivity index (χ1v) is 18.1. The molecule has 0 amide bonds. The second-order valence-corrected chi connectivity index (χ2v) is 15.7. The Morgan fingerprint density at radius 1 is 0.956 bits per heavy atom. The summed E-state index contributed by atoms with van der Waals surface area (Å²) in [5.41, 5.74) is 11.2. The number of hydrogen-bond acceptors (Lipinski definition) is 16. The largest absolute Gasteiger partial charge is 0.397 e. The minimum absolute atomic E-state index is 0.0895. The van der Waals surface area contributed by atoms with Crippen LogP contribution in [0.5, 0.6) is 0 Å². The van der Waals surface area contributed by atoms with Crippen molar-refractivity contribution in [2.45, 2.75) is 49.2 Å². The van der Waals surface area contributed by atoms with E-state index < -0.39 is 81.4 Å². The molecule has 2 bridgehead atoms. The molecule has 25 heteroatoms. The van der Waals surface area contributed by atoms with Gasteiger partial charge in [0.25, 0.3) is 5.56 Å². The van der Waals surface area contributed by atoms with Gasteiger partial charge in [-0.1, -0.05) is 5.21 Å². The van der Waals surface area contributed by atoms with Crippen LogP contribution in [0.3, 0.4) is 0 Å². The fourth-order valence-electron chi connectivity index (χ4n) is 5.18. The third-order valence-electron chi connectivity index (χ3n) is 7.21. The molecule has 0 spiro atoms. The first kappa shape index (κ1) is 31.0. The van der Waals surface area contributed by atoms with E-state index in [2.05, 4.69) is 30.2 Å². The lowest BCUT2D eigenvalue weighted by atomic mass is 10.1. The zero-order valence-electron chi connectivity index (χ0n) is 22.3. The van der Waals surface area contributed by atoms with Gasteiger partial charge < -0.3 is 39.8 Å². The van der Waals surface area contributed by atoms with E-state index in [4.69, 9.17) is 62.6 Å². The van der Waals surface area contributed by atoms with Gasteiger partial charge in [-0.2, -0.15) is 9.67 Å². The number of ether oxygens (including phenoxy) is 2. The Kier molecular flexibility index (Phi) is 7.74. The van der Waals surface area contributed by atoms with E-state index in [0.717, 1.165) is 15.6 Å². The molecule has 0 aromatic carbocycles. The smallest absolute Gasteiger partial charge is 0.325 e. The fourth-order valence-corrected chi connectivity index (χ4v) is 8.03. The van der Waals surface area contributed by atoms with Crippen molar-refractivity contribution in [1.82, 2.24) is 39.5 Å². The number of fused-ring (bicyclic) bond motifs is 5. The quantitative estimate of drug-likeness (QED) is 0.169. The minimum atomic E-state index is -4.36. The van der Waals surface area contributed by atoms with Crippen LogP contribution in [0.4, 0.5) is 20.4 Å². The van der Waals surface area contributed by atoms with Gasteiger partial charge in [-0.3, -0.25) is 23.4 Å². The molecule has 0 radical (unpaired) electrons. The summed E-state index contributed by atoms with van der Waals surface area (Å²) in [4.78, 5) is 48.6. The van der Waals surface area contributed by atoms with E-state index >= 15 is 8.78 Å². The van der Waals surface area contributed by atoms with Crippen LogP contribution in [0.15, 0.2) is 23.4 Å². The monoisotopic (exact) mass is 710 g/mol. The number of aromatic nitrogens is 8. The van der Waals surface area contributed by atoms with E-state index in [1.165, 1.54) is 12.3 Å². The van der Waals surface area contributed by atoms with Crippen LogP contribution in [0.1, 0.15) is 12.5 Å². The van der Waals surface area contributed by atoms with Crippen LogP contribution in [-0.4, -0.2) is 99.3 Å². The topological polar surface area (TPSA) is 255 Å². The lowest BCUT2D eigenvalue weighted by Crippen LogP contribution is -2.34. The number of anilines is 2. The van der Waals surface area contributed by atoms with E-state index in [-0.39, 0.29) is 34.0 Å². The third kappa shape index (κ3) is 5.55. The van der Waals surface area contributed by atoms with Gasteiger partial charge in [0.15, 0.2) is 47.1 Å². The van der Waals surface area contributed by atoms with Gasteiger partial charge in [-0.05, 0) is 29.7 Å². The number of nitrogen functional groups attached to an aromatic ring is 2. The van der Waals surface area contributed by atoms with E-state index in [1.54, 1.807) is 0 Å². The van der Waals surface area contributed by atoms with Crippen LogP contribution >= 0.6 is 13.4 Å². The summed E-state index contributed by atoms with van der Waals surface area (Å²) in [6, 6.07) is 1.48. The number of halogens is 2. The molecular formula is C20H22F2N10O9P2S2. The van der Waals surface area contributed by atoms with Crippen LogP contribution in [-0.2, 0) is 51.2 Å². The Balaban J connectivity index is 1.21. The molecule has 3 aliphatic rings. The first-order chi connectivity index (χ1) is 21.3. The number of imidazole rings is 1. The molecule has 3 fully saturated rings. The maximum Gasteiger partial charge on any atom is 0.325 e. The van der Waals surface area contributed by atoms with Gasteiger partial charge >= 0.3 is 13.4 Å². The Bertz CT molecular complexity index is 1950. The van der Waals surface area contributed by atoms with Crippen molar-refractivity contribution in [2.24, 2.45) is 0 Å². The van der Waals surface area contributed by atoms with Gasteiger partial charge in [0.05, 0.1) is 25.2 Å². The second-order valence-electron chi connectivity index (χ2n) is 10.1. The van der Waals surface area contributed by atoms with Gasteiger partial charge in [0, 0.05) is 6.20 Å². The van der Waals surface area contributed by atoms with Gasteiger partial charge in [0.2, 0.25) is 5.95 Å². The molecule has 0 saturated carbocycles. The Morgan fingerprint density at radius 2 is 1.64 bits per heavy atom. The number of rotatable bonds is 2. The Morgan fingerprint density at radius 3 is 2.40 bits per heavy atom. The highest BCUT2D eigenvalue weighted by molar-refractivity contribution is 8.07. The summed E-state index contributed by atoms with van der Waals surface area (Å²) in [5.74, 6) is -0.258. The molecule has 0 aliphatic carbocycles. The molecule has 4 aromatic heterocycles. The molecule has 3 saturated heterocycles. The molecule has 7 N–H and O–H groups in total. The number of hydrogen-bond donors (Lipinski definition) is 5. The third-order valence-corrected chi connectivity index (χ3v) is 10.3. The van der Waals surface area contributed by atoms with Gasteiger partial charge in [-0.15, -0.1) is 5.10 Å². The van der Waals surface area contributed by atoms with Crippen molar-refractivity contribution in [3.8, 4) is 0 Å². The first-order valence-electron chi connectivity index (χ1n) is 12.9. The SMILES string of the molecule is Nc1nc2c(ncn2[C@@H]2O[C@@H]3COP(O)(=S)O[C@H]4[C@H](F)[C@H](n5nnc6c(N)ccnc65)O[C@@H]4COP(O)(=S)O[C@@H]2[C@H]3F)c(=O)[nH]1. The molecule has 3 aliphatic heterocycles. The average molecular weight is 711 g/mol. The highest BCUT2D eigenvalue weighted by Gasteiger charge is 2.54. The lowest BCUT2D eigenvalue weighted by Gasteiger charge is -2.27. The van der Waals surface area contributed by atoms with Crippen molar-refractivity contribution in [3.63, 3.8) is 0 Å². The summed E-state index contributed by atoms with van der Waals surface area (Å²) in [6.07, 6.45) is -10.9. The fraction of sp³-hybridized carbons (Fsp3) is 0.500. The van der Waals surface area contributed by atoms with Crippen molar-refractivity contribution >= 4 is 71.0 Å². The standard InChI is InChI=1S/C20H22F2N10O9P2S2/c21-9-7-3-36-42(34,44)40-13-8(39-18(10(13)22)32-15-11(29-30-32)6(23)1-2-25-15)4-37-43(35,45)41-14(9)19(38-7)31-5-26-12-16(31)27-20(24)28-17(12)33/h1-2,5,7-10,13-14,18-19H,3-4H2,(H2,23,25)(H,34,44)(H,35,45)(H3,24,27,28,33)/t7-,8-,9+,10+,13-,14-,18-,19-,42?,43?/m1/s1. The molecule has 2 unspecified atom stereocenters. The van der Waals surface area contributed by atoms with Crippen LogP contribution < -0.4 is 17.0 Å². The van der Waals surface area contributed by atoms with Crippen molar-refractivity contribution in [3.05, 3.63) is 28.9 Å². The van der Waals surface area contributed by atoms with Crippen LogP contribution in [0.2, 0.25) is 0 Å². The van der Waals surface area contributed by atoms with Crippen LogP contribution in [0, 0.1) is 0 Å². The van der Waals surface area contributed by atoms with Crippen LogP contribution in [0.25, 0.3) is 22.3 Å². The Hall–Kier alpha value is -2.66. The predicted octanol–water partition coefficient (Wildman–Crippen LogP) is -0.154. The highest BCUT2D eigenvalue weighted by Crippen LogP contribution is 2.54. The number of pyridine rings is 1. The number of H-pyrrole nitrogens is 1. The normalized spacial score (nSPS) is 37.7. The molecule has 7 rings (SSSR count). The van der Waals surface area contributed by atoms with Crippen molar-refractivity contribution in [2.75, 3.05) is 24.7 Å². The Labute approximate surface area is 259 Å².